The van der Waals surface area contributed by atoms with E-state index < -0.39 is 25.2 Å². The summed E-state index contributed by atoms with van der Waals surface area (Å²) in [5, 5.41) is 37.7. The predicted molar refractivity (Wildman–Crippen MR) is 336 cm³/mol. The van der Waals surface area contributed by atoms with Crippen molar-refractivity contribution in [1.82, 2.24) is 48.8 Å². The second kappa shape index (κ2) is 26.3. The Hall–Kier alpha value is -8.05. The fourth-order valence-electron chi connectivity index (χ4n) is 11.5. The van der Waals surface area contributed by atoms with E-state index in [0.717, 1.165) is 126 Å². The molecular formula is C61H60F6N16OS4. The summed E-state index contributed by atoms with van der Waals surface area (Å²) in [7, 11) is 0. The topological polar surface area (TPSA) is 220 Å². The molecule has 2 aliphatic heterocycles. The fourth-order valence-corrected chi connectivity index (χ4v) is 14.9. The normalized spacial score (nSPS) is 14.8. The molecule has 0 aliphatic carbocycles. The molecule has 88 heavy (non-hydrogen) atoms. The number of rotatable bonds is 18. The van der Waals surface area contributed by atoms with Gasteiger partial charge in [0.25, 0.3) is 0 Å². The monoisotopic (exact) mass is 1270 g/mol. The molecular weight excluding hydrogens is 1220 g/mol. The number of piperidine rings is 2. The summed E-state index contributed by atoms with van der Waals surface area (Å²) in [5.41, 5.74) is 15.6. The van der Waals surface area contributed by atoms with Gasteiger partial charge >= 0.3 is 12.4 Å². The summed E-state index contributed by atoms with van der Waals surface area (Å²) in [5.74, 6) is 0.879. The number of fused-ring (bicyclic) bond motifs is 4. The van der Waals surface area contributed by atoms with E-state index in [4.69, 9.17) is 5.73 Å². The lowest BCUT2D eigenvalue weighted by molar-refractivity contribution is -0.127. The molecule has 2 saturated heterocycles. The minimum atomic E-state index is -4.26. The van der Waals surface area contributed by atoms with Gasteiger partial charge < -0.3 is 25.5 Å². The van der Waals surface area contributed by atoms with Gasteiger partial charge in [0.05, 0.1) is 35.0 Å². The molecule has 2 aromatic carbocycles. The van der Waals surface area contributed by atoms with Crippen LogP contribution in [0.5, 0.6) is 0 Å². The number of nitrogens with two attached hydrogens (primary N) is 1. The summed E-state index contributed by atoms with van der Waals surface area (Å²) in [4.78, 5) is 43.8. The minimum absolute atomic E-state index is 0.156. The lowest BCUT2D eigenvalue weighted by Crippen LogP contribution is -2.39. The number of thiophene rings is 2. The molecule has 5 N–H and O–H groups in total. The first-order chi connectivity index (χ1) is 42.3. The van der Waals surface area contributed by atoms with Crippen LogP contribution in [0.2, 0.25) is 0 Å². The van der Waals surface area contributed by atoms with Crippen LogP contribution < -0.4 is 21.7 Å². The summed E-state index contributed by atoms with van der Waals surface area (Å²) in [6.45, 7) is 14.0. The van der Waals surface area contributed by atoms with Crippen LogP contribution in [-0.4, -0.2) is 105 Å². The number of carbonyl (C=O) groups excluding carboxylic acids is 1. The molecule has 10 heterocycles. The highest BCUT2D eigenvalue weighted by Gasteiger charge is 2.31. The number of nitrogens with one attached hydrogen (secondary N) is 3. The maximum absolute atomic E-state index is 12.9. The lowest BCUT2D eigenvalue weighted by atomic mass is 10.0. The van der Waals surface area contributed by atoms with Gasteiger partial charge in [-0.25, -0.2) is 29.9 Å². The molecule has 2 fully saturated rings. The molecule has 0 atom stereocenters. The van der Waals surface area contributed by atoms with Crippen molar-refractivity contribution in [2.24, 2.45) is 0 Å². The van der Waals surface area contributed by atoms with E-state index in [2.05, 4.69) is 117 Å². The van der Waals surface area contributed by atoms with Crippen LogP contribution in [0.15, 0.2) is 84.6 Å². The molecule has 1 amide bonds. The summed E-state index contributed by atoms with van der Waals surface area (Å²) in [6, 6.07) is 20.5. The number of nitrogens with zero attached hydrogens (tertiary/aromatic N) is 12. The number of aryl methyl sites for hydroxylation is 6. The van der Waals surface area contributed by atoms with Crippen molar-refractivity contribution in [2.45, 2.75) is 116 Å². The van der Waals surface area contributed by atoms with Crippen LogP contribution in [0.25, 0.3) is 42.2 Å². The van der Waals surface area contributed by atoms with E-state index in [1.165, 1.54) is 58.1 Å². The smallest absolute Gasteiger partial charge is 0.375 e. The number of hydrogen-bond acceptors (Lipinski definition) is 18. The molecule has 8 aromatic heterocycles. The molecule has 2 aliphatic rings. The Morgan fingerprint density at radius 1 is 0.670 bits per heavy atom. The standard InChI is InChI=1S/C32H31F3N8OS2.C29H29F3N8S2/c1-3-28(44)41-31-40-22(17-45-31)8-11-43-23(15-36)12-25-19(2)20(4-5-27(25)43)16-42-9-6-21(7-10-42)39-29-26-13-24(14-32(33,34)35)46-30(26)38-18-37-29;1-17-18(2-3-25-23(17)10-21(13-33)40(25)9-6-20-15-41-28(34)38-20)14-39-7-4-19(5-8-39)37-26-24-11-22(12-29(30,31)32)42-27(24)36-16-35-26/h3-5,12-13,17-18,21H,1,6-11,14,16H2,2H3,(H,37,38,39)(H,40,41,44);2-3,10-11,15-16,19H,4-9,12,14H2,1H3,(H2,34,38)(H,35,36,37). The number of amides is 1. The van der Waals surface area contributed by atoms with Crippen molar-refractivity contribution in [3.8, 4) is 12.1 Å². The van der Waals surface area contributed by atoms with Gasteiger partial charge in [-0.05, 0) is 104 Å². The van der Waals surface area contributed by atoms with Crippen molar-refractivity contribution in [1.29, 1.82) is 10.5 Å². The number of nitriles is 2. The van der Waals surface area contributed by atoms with Gasteiger partial charge in [-0.3, -0.25) is 19.9 Å². The number of thiazole rings is 2. The van der Waals surface area contributed by atoms with Crippen molar-refractivity contribution in [3.05, 3.63) is 139 Å². The third kappa shape index (κ3) is 14.6. The number of aromatic nitrogens is 8. The molecule has 0 bridgehead atoms. The quantitative estimate of drug-likeness (QED) is 0.0464. The number of carbonyl (C=O) groups is 1. The van der Waals surface area contributed by atoms with E-state index >= 15 is 0 Å². The van der Waals surface area contributed by atoms with E-state index in [9.17, 15) is 41.7 Å². The number of hydrogen-bond donors (Lipinski definition) is 4. The fraction of sp³-hybridized carbons (Fsp3) is 0.361. The van der Waals surface area contributed by atoms with Crippen LogP contribution in [0.3, 0.4) is 0 Å². The van der Waals surface area contributed by atoms with Gasteiger partial charge in [-0.2, -0.15) is 36.9 Å². The highest BCUT2D eigenvalue weighted by atomic mass is 32.1. The van der Waals surface area contributed by atoms with Crippen LogP contribution in [0.4, 0.5) is 48.2 Å². The molecule has 0 radical (unpaired) electrons. The Bertz CT molecular complexity index is 4260. The molecule has 27 heteroatoms. The van der Waals surface area contributed by atoms with Crippen molar-refractivity contribution < 1.29 is 31.1 Å². The summed E-state index contributed by atoms with van der Waals surface area (Å²) >= 11 is 4.90. The van der Waals surface area contributed by atoms with Gasteiger partial charge in [0.2, 0.25) is 5.91 Å². The number of likely N-dealkylation sites (tertiary alicyclic amines) is 2. The van der Waals surface area contributed by atoms with Gasteiger partial charge in [0, 0.05) is 120 Å². The third-order valence-corrected chi connectivity index (χ3v) is 19.7. The number of benzene rings is 2. The minimum Gasteiger partial charge on any atom is -0.375 e. The van der Waals surface area contributed by atoms with Gasteiger partial charge in [-0.1, -0.05) is 18.7 Å². The average Bonchev–Trinajstić information content (AvgIpc) is 2.13. The first kappa shape index (κ1) is 61.6. The predicted octanol–water partition coefficient (Wildman–Crippen LogP) is 13.1. The Morgan fingerprint density at radius 3 is 1.55 bits per heavy atom. The van der Waals surface area contributed by atoms with Crippen LogP contribution >= 0.6 is 45.3 Å². The molecule has 0 unspecified atom stereocenters. The molecule has 12 rings (SSSR count). The number of anilines is 4. The zero-order valence-corrected chi connectivity index (χ0v) is 51.2. The van der Waals surface area contributed by atoms with Gasteiger partial charge in [0.15, 0.2) is 10.3 Å². The molecule has 10 aromatic rings. The SMILES string of the molecule is C=CC(=O)Nc1nc(CCn2c(C#N)cc3c(C)c(CN4CCC(Nc5ncnc6sc(CC(F)(F)F)cc56)CC4)ccc32)cs1.Cc1c(CN2CCC(Nc3ncnc4sc(CC(F)(F)F)cc34)CC2)ccc2c1cc(C#N)n2CCc1csc(N)n1. The molecule has 17 nitrogen and oxygen atoms in total. The second-order valence-corrected chi connectivity index (χ2v) is 25.9. The highest BCUT2D eigenvalue weighted by molar-refractivity contribution is 7.19. The highest BCUT2D eigenvalue weighted by Crippen LogP contribution is 2.37. The van der Waals surface area contributed by atoms with Gasteiger partial charge in [0.1, 0.15) is 57.5 Å². The Morgan fingerprint density at radius 2 is 1.12 bits per heavy atom. The van der Waals surface area contributed by atoms with Crippen LogP contribution in [0, 0.1) is 36.5 Å². The summed E-state index contributed by atoms with van der Waals surface area (Å²) in [6.07, 6.45) is -1.58. The first-order valence-corrected chi connectivity index (χ1v) is 31.9. The van der Waals surface area contributed by atoms with E-state index in [1.807, 2.05) is 27.5 Å². The van der Waals surface area contributed by atoms with E-state index in [0.29, 0.717) is 79.7 Å². The molecule has 0 saturated carbocycles. The maximum Gasteiger partial charge on any atom is 0.393 e. The van der Waals surface area contributed by atoms with Crippen molar-refractivity contribution >= 4 is 115 Å². The Kier molecular flexibility index (Phi) is 18.4. The molecule has 456 valence electrons. The van der Waals surface area contributed by atoms with Crippen molar-refractivity contribution in [2.75, 3.05) is 47.9 Å². The Labute approximate surface area is 518 Å². The zero-order chi connectivity index (χ0) is 61.9. The maximum atomic E-state index is 12.9. The number of halogens is 6. The zero-order valence-electron chi connectivity index (χ0n) is 47.9. The lowest BCUT2D eigenvalue weighted by Gasteiger charge is -2.33. The second-order valence-electron chi connectivity index (χ2n) is 21.9. The van der Waals surface area contributed by atoms with Gasteiger partial charge in [-0.15, -0.1) is 45.3 Å². The summed E-state index contributed by atoms with van der Waals surface area (Å²) < 4.78 is 81.5. The number of nitrogen functional groups attached to an aromatic ring is 1. The third-order valence-electron chi connectivity index (χ3n) is 16.0. The average molecular weight is 1280 g/mol. The van der Waals surface area contributed by atoms with E-state index in [1.54, 1.807) is 12.1 Å². The number of alkyl halides is 6. The first-order valence-electron chi connectivity index (χ1n) is 28.5. The van der Waals surface area contributed by atoms with Crippen LogP contribution in [-0.2, 0) is 56.7 Å². The van der Waals surface area contributed by atoms with E-state index in [-0.39, 0.29) is 27.7 Å². The van der Waals surface area contributed by atoms with Crippen LogP contribution in [0.1, 0.15) is 80.5 Å². The molecule has 0 spiro atoms. The largest absolute Gasteiger partial charge is 0.393 e. The Balaban J connectivity index is 0.000000183. The van der Waals surface area contributed by atoms with Crippen molar-refractivity contribution in [3.63, 3.8) is 0 Å².